The second-order valence-electron chi connectivity index (χ2n) is 4.25. The largest absolute Gasteiger partial charge is 0.540 e. The van der Waals surface area contributed by atoms with Crippen molar-refractivity contribution in [3.05, 3.63) is 29.8 Å². The first-order valence-electron chi connectivity index (χ1n) is 6.32. The summed E-state index contributed by atoms with van der Waals surface area (Å²) in [5.74, 6) is 1.09. The third-order valence-corrected chi connectivity index (χ3v) is 3.06. The Morgan fingerprint density at radius 1 is 1.39 bits per heavy atom. The van der Waals surface area contributed by atoms with Gasteiger partial charge in [-0.05, 0) is 5.92 Å². The Hall–Kier alpha value is -0.206. The fraction of sp³-hybridized carbons (Fsp3) is 0.533. The molecule has 0 spiro atoms. The van der Waals surface area contributed by atoms with Crippen molar-refractivity contribution < 1.29 is 42.2 Å². The summed E-state index contributed by atoms with van der Waals surface area (Å²) in [6.45, 7) is 4.22. The molecule has 1 radical (unpaired) electrons. The average Bonchev–Trinajstić information content (AvgIpc) is 2.39. The van der Waals surface area contributed by atoms with Crippen molar-refractivity contribution in [3.8, 4) is 5.75 Å². The van der Waals surface area contributed by atoms with E-state index in [-0.39, 0.29) is 44.4 Å². The molecule has 1 aromatic rings. The van der Waals surface area contributed by atoms with E-state index in [4.69, 9.17) is 4.74 Å². The fourth-order valence-electron chi connectivity index (χ4n) is 1.88. The van der Waals surface area contributed by atoms with Crippen molar-refractivity contribution in [1.29, 1.82) is 0 Å². The fourth-order valence-corrected chi connectivity index (χ4v) is 1.88. The number of ketones is 1. The van der Waals surface area contributed by atoms with E-state index in [9.17, 15) is 4.79 Å². The molecule has 0 N–H and O–H groups in total. The van der Waals surface area contributed by atoms with E-state index in [1.54, 1.807) is 19.2 Å². The van der Waals surface area contributed by atoms with Gasteiger partial charge in [0, 0.05) is 38.5 Å². The van der Waals surface area contributed by atoms with Gasteiger partial charge in [0.15, 0.2) is 0 Å². The van der Waals surface area contributed by atoms with Crippen molar-refractivity contribution in [2.75, 3.05) is 7.11 Å². The van der Waals surface area contributed by atoms with Crippen LogP contribution in [-0.4, -0.2) is 12.9 Å². The Kier molecular flexibility index (Phi) is 9.58. The smallest absolute Gasteiger partial charge is 0.0816 e. The first kappa shape index (κ1) is 17.8. The average molecular weight is 322 g/mol. The monoisotopic (exact) mass is 322 g/mol. The van der Waals surface area contributed by atoms with Crippen molar-refractivity contribution in [2.45, 2.75) is 39.5 Å². The van der Waals surface area contributed by atoms with Crippen LogP contribution in [-0.2, 0) is 32.7 Å². The zero-order valence-corrected chi connectivity index (χ0v) is 14.4. The molecule has 0 bridgehead atoms. The topological polar surface area (TPSA) is 26.3 Å². The van der Waals surface area contributed by atoms with Crippen LogP contribution in [0.4, 0.5) is 0 Å². The van der Waals surface area contributed by atoms with Crippen LogP contribution >= 0.6 is 0 Å². The molecule has 1 atom stereocenters. The molecule has 0 aliphatic rings. The number of Topliss-reactive ketones (excluding diaryl/α,β-unsaturated/α-hetero) is 1. The molecule has 0 heterocycles. The number of carbonyl (C=O) groups excluding carboxylic acids is 1. The summed E-state index contributed by atoms with van der Waals surface area (Å²) in [5, 5.41) is 0. The van der Waals surface area contributed by atoms with Crippen LogP contribution < -0.4 is 4.74 Å². The van der Waals surface area contributed by atoms with Crippen molar-refractivity contribution in [2.24, 2.45) is 5.92 Å². The molecule has 1 unspecified atom stereocenters. The predicted molar refractivity (Wildman–Crippen MR) is 69.5 cm³/mol. The number of carbonyl (C=O) groups is 1. The quantitative estimate of drug-likeness (QED) is 0.562. The number of hydrogen-bond acceptors (Lipinski definition) is 2. The molecule has 1 rings (SSSR count). The summed E-state index contributed by atoms with van der Waals surface area (Å²) in [6.07, 6.45) is 4.13. The molecule has 0 amide bonds. The number of methoxy groups -OCH3 is 1. The van der Waals surface area contributed by atoms with Crippen LogP contribution in [0.15, 0.2) is 18.2 Å². The maximum absolute atomic E-state index is 12.2. The van der Waals surface area contributed by atoms with E-state index >= 15 is 0 Å². The van der Waals surface area contributed by atoms with Gasteiger partial charge in [-0.15, -0.1) is 29.8 Å². The minimum Gasteiger partial charge on any atom is -0.540 e. The Morgan fingerprint density at radius 3 is 2.56 bits per heavy atom. The van der Waals surface area contributed by atoms with Crippen molar-refractivity contribution in [3.63, 3.8) is 0 Å². The Morgan fingerprint density at radius 2 is 2.11 bits per heavy atom. The van der Waals surface area contributed by atoms with E-state index in [1.807, 2.05) is 6.07 Å². The Balaban J connectivity index is 0.00000289. The molecule has 97 valence electrons. The van der Waals surface area contributed by atoms with Crippen LogP contribution in [0.25, 0.3) is 0 Å². The second kappa shape index (κ2) is 9.69. The molecule has 0 aliphatic carbocycles. The van der Waals surface area contributed by atoms with Crippen LogP contribution in [0.1, 0.15) is 49.9 Å². The van der Waals surface area contributed by atoms with Gasteiger partial charge in [-0.25, -0.2) is 0 Å². The van der Waals surface area contributed by atoms with Gasteiger partial charge in [-0.3, -0.25) is 0 Å². The first-order valence-corrected chi connectivity index (χ1v) is 6.32. The van der Waals surface area contributed by atoms with E-state index in [1.165, 1.54) is 0 Å². The summed E-state index contributed by atoms with van der Waals surface area (Å²) in [7, 11) is 1.61. The van der Waals surface area contributed by atoms with Gasteiger partial charge in [-0.2, -0.15) is 0 Å². The van der Waals surface area contributed by atoms with Gasteiger partial charge in [-0.1, -0.05) is 39.5 Å². The van der Waals surface area contributed by atoms with Crippen LogP contribution in [0.2, 0.25) is 0 Å². The van der Waals surface area contributed by atoms with E-state index < -0.39 is 0 Å². The van der Waals surface area contributed by atoms with Crippen LogP contribution in [0.5, 0.6) is 5.75 Å². The number of rotatable bonds is 7. The standard InChI is InChI=1S/C15H21O2.Y/c1-4-6-7-12(5-2)15(16)13-8-10-14(17-3)11-9-13;/h8,10-12H,4-7H2,1-3H3;/q-1;. The van der Waals surface area contributed by atoms with Gasteiger partial charge in [0.25, 0.3) is 0 Å². The van der Waals surface area contributed by atoms with Gasteiger partial charge < -0.3 is 9.53 Å². The maximum Gasteiger partial charge on any atom is 0.0816 e. The van der Waals surface area contributed by atoms with Crippen LogP contribution in [0, 0.1) is 12.0 Å². The van der Waals surface area contributed by atoms with Crippen molar-refractivity contribution >= 4 is 5.78 Å². The number of hydrogen-bond donors (Lipinski definition) is 0. The number of ether oxygens (including phenoxy) is 1. The maximum atomic E-state index is 12.2. The molecule has 0 aliphatic heterocycles. The third-order valence-electron chi connectivity index (χ3n) is 3.06. The normalized spacial score (nSPS) is 11.5. The third kappa shape index (κ3) is 5.20. The Bertz CT molecular complexity index is 346. The minimum atomic E-state index is 0. The summed E-state index contributed by atoms with van der Waals surface area (Å²) in [4.78, 5) is 12.2. The molecule has 0 saturated carbocycles. The molecular weight excluding hydrogens is 301 g/mol. The summed E-state index contributed by atoms with van der Waals surface area (Å²) < 4.78 is 5.06. The molecule has 0 saturated heterocycles. The SMILES string of the molecule is CCCCC(CC)C(=O)c1[c-]cc(OC)cc1.[Y]. The zero-order valence-electron chi connectivity index (χ0n) is 11.5. The molecule has 0 aromatic heterocycles. The zero-order chi connectivity index (χ0) is 12.7. The minimum absolute atomic E-state index is 0. The van der Waals surface area contributed by atoms with E-state index in [0.29, 0.717) is 5.56 Å². The number of benzene rings is 1. The second-order valence-corrected chi connectivity index (χ2v) is 4.25. The molecular formula is C15H21O2Y-. The Labute approximate surface area is 135 Å². The predicted octanol–water partition coefficient (Wildman–Crippen LogP) is 3.89. The number of unbranched alkanes of at least 4 members (excludes halogenated alkanes) is 1. The molecule has 0 fully saturated rings. The molecule has 18 heavy (non-hydrogen) atoms. The van der Waals surface area contributed by atoms with Crippen molar-refractivity contribution in [1.82, 2.24) is 0 Å². The van der Waals surface area contributed by atoms with E-state index in [0.717, 1.165) is 31.4 Å². The molecule has 1 aromatic carbocycles. The van der Waals surface area contributed by atoms with Crippen LogP contribution in [0.3, 0.4) is 0 Å². The summed E-state index contributed by atoms with van der Waals surface area (Å²) in [5.41, 5.74) is 0.675. The van der Waals surface area contributed by atoms with Gasteiger partial charge in [0.2, 0.25) is 0 Å². The summed E-state index contributed by atoms with van der Waals surface area (Å²) >= 11 is 0. The van der Waals surface area contributed by atoms with Gasteiger partial charge in [0.1, 0.15) is 0 Å². The van der Waals surface area contributed by atoms with E-state index in [2.05, 4.69) is 19.9 Å². The van der Waals surface area contributed by atoms with Gasteiger partial charge >= 0.3 is 0 Å². The molecule has 2 nitrogen and oxygen atoms in total. The first-order chi connectivity index (χ1) is 8.22. The summed E-state index contributed by atoms with van der Waals surface area (Å²) in [6, 6.07) is 8.34. The molecule has 3 heteroatoms. The van der Waals surface area contributed by atoms with Gasteiger partial charge in [0.05, 0.1) is 12.9 Å².